The molecule has 0 atom stereocenters. The Hall–Kier alpha value is -0.860. The van der Waals surface area contributed by atoms with Crippen LogP contribution in [0.1, 0.15) is 59.8 Å². The zero-order valence-electron chi connectivity index (χ0n) is 10.4. The highest BCUT2D eigenvalue weighted by atomic mass is 16.2. The molecule has 3 nitrogen and oxygen atoms in total. The summed E-state index contributed by atoms with van der Waals surface area (Å²) in [6, 6.07) is 0. The van der Waals surface area contributed by atoms with Crippen molar-refractivity contribution in [1.29, 1.82) is 0 Å². The fraction of sp³-hybridized carbons (Fsp3) is 0.833. The second-order valence-electron chi connectivity index (χ2n) is 4.94. The molecular formula is C12H23NO2. The molecule has 0 rings (SSSR count). The van der Waals surface area contributed by atoms with E-state index in [0.717, 1.165) is 25.7 Å². The van der Waals surface area contributed by atoms with Gasteiger partial charge >= 0.3 is 0 Å². The summed E-state index contributed by atoms with van der Waals surface area (Å²) in [6.07, 6.45) is 4.51. The number of rotatable bonds is 6. The summed E-state index contributed by atoms with van der Waals surface area (Å²) >= 11 is 0. The lowest BCUT2D eigenvalue weighted by molar-refractivity contribution is -0.138. The number of carbonyl (C=O) groups excluding carboxylic acids is 2. The molecule has 0 heterocycles. The van der Waals surface area contributed by atoms with E-state index in [1.54, 1.807) is 0 Å². The van der Waals surface area contributed by atoms with Crippen LogP contribution in [-0.4, -0.2) is 17.2 Å². The first-order chi connectivity index (χ1) is 6.87. The van der Waals surface area contributed by atoms with Gasteiger partial charge in [-0.2, -0.15) is 0 Å². The number of hydrogen-bond donors (Lipinski definition) is 1. The Labute approximate surface area is 92.6 Å². The molecular weight excluding hydrogens is 190 g/mol. The van der Waals surface area contributed by atoms with Crippen LogP contribution >= 0.6 is 0 Å². The summed E-state index contributed by atoms with van der Waals surface area (Å²) in [5, 5.41) is 2.67. The second kappa shape index (κ2) is 6.59. The number of nitrogens with one attached hydrogen (secondary N) is 1. The SMILES string of the molecule is CCCCCCC(=O)C(=O)NC(C)(C)C. The summed E-state index contributed by atoms with van der Waals surface area (Å²) in [7, 11) is 0. The minimum absolute atomic E-state index is 0.291. The Bertz CT molecular complexity index is 216. The van der Waals surface area contributed by atoms with Crippen molar-refractivity contribution < 1.29 is 9.59 Å². The number of ketones is 1. The monoisotopic (exact) mass is 213 g/mol. The van der Waals surface area contributed by atoms with Gasteiger partial charge in [0, 0.05) is 12.0 Å². The van der Waals surface area contributed by atoms with Crippen molar-refractivity contribution in [3.63, 3.8) is 0 Å². The third kappa shape index (κ3) is 8.16. The molecule has 15 heavy (non-hydrogen) atoms. The highest BCUT2D eigenvalue weighted by molar-refractivity contribution is 6.36. The largest absolute Gasteiger partial charge is 0.345 e. The van der Waals surface area contributed by atoms with Crippen LogP contribution in [-0.2, 0) is 9.59 Å². The van der Waals surface area contributed by atoms with Crippen molar-refractivity contribution >= 4 is 11.7 Å². The third-order valence-corrected chi connectivity index (χ3v) is 2.00. The van der Waals surface area contributed by atoms with Crippen LogP contribution in [0.25, 0.3) is 0 Å². The first-order valence-electron chi connectivity index (χ1n) is 5.72. The van der Waals surface area contributed by atoms with Crippen LogP contribution in [0, 0.1) is 0 Å². The van der Waals surface area contributed by atoms with Gasteiger partial charge in [-0.05, 0) is 27.2 Å². The molecule has 1 amide bonds. The van der Waals surface area contributed by atoms with E-state index >= 15 is 0 Å². The van der Waals surface area contributed by atoms with E-state index in [-0.39, 0.29) is 11.3 Å². The summed E-state index contributed by atoms with van der Waals surface area (Å²) in [6.45, 7) is 7.73. The third-order valence-electron chi connectivity index (χ3n) is 2.00. The molecule has 0 saturated carbocycles. The minimum atomic E-state index is -0.445. The molecule has 0 radical (unpaired) electrons. The molecule has 0 aliphatic rings. The number of Topliss-reactive ketones (excluding diaryl/α,β-unsaturated/α-hetero) is 1. The molecule has 1 N–H and O–H groups in total. The van der Waals surface area contributed by atoms with E-state index in [1.807, 2.05) is 20.8 Å². The Kier molecular flexibility index (Phi) is 6.21. The number of unbranched alkanes of at least 4 members (excludes halogenated alkanes) is 3. The number of carbonyl (C=O) groups is 2. The van der Waals surface area contributed by atoms with E-state index in [9.17, 15) is 9.59 Å². The zero-order chi connectivity index (χ0) is 11.9. The Morgan fingerprint density at radius 2 is 1.67 bits per heavy atom. The highest BCUT2D eigenvalue weighted by Gasteiger charge is 2.19. The van der Waals surface area contributed by atoms with Gasteiger partial charge in [0.2, 0.25) is 5.78 Å². The molecule has 3 heteroatoms. The summed E-state index contributed by atoms with van der Waals surface area (Å²) in [5.41, 5.74) is -0.323. The van der Waals surface area contributed by atoms with Crippen molar-refractivity contribution in [1.82, 2.24) is 5.32 Å². The van der Waals surface area contributed by atoms with Crippen molar-refractivity contribution in [2.75, 3.05) is 0 Å². The second-order valence-corrected chi connectivity index (χ2v) is 4.94. The Morgan fingerprint density at radius 3 is 2.13 bits per heavy atom. The predicted octanol–water partition coefficient (Wildman–Crippen LogP) is 2.44. The van der Waals surface area contributed by atoms with Gasteiger partial charge in [-0.3, -0.25) is 9.59 Å². The highest BCUT2D eigenvalue weighted by Crippen LogP contribution is 2.04. The molecule has 0 unspecified atom stereocenters. The molecule has 0 spiro atoms. The van der Waals surface area contributed by atoms with E-state index in [4.69, 9.17) is 0 Å². The maximum atomic E-state index is 11.4. The van der Waals surface area contributed by atoms with Gasteiger partial charge in [0.1, 0.15) is 0 Å². The molecule has 88 valence electrons. The van der Waals surface area contributed by atoms with Crippen LogP contribution < -0.4 is 5.32 Å². The lowest BCUT2D eigenvalue weighted by atomic mass is 10.1. The van der Waals surface area contributed by atoms with Gasteiger partial charge in [0.15, 0.2) is 0 Å². The van der Waals surface area contributed by atoms with Gasteiger partial charge in [-0.15, -0.1) is 0 Å². The van der Waals surface area contributed by atoms with Gasteiger partial charge in [-0.1, -0.05) is 26.2 Å². The Balaban J connectivity index is 3.76. The van der Waals surface area contributed by atoms with Crippen LogP contribution in [0.5, 0.6) is 0 Å². The molecule has 0 aromatic carbocycles. The van der Waals surface area contributed by atoms with Crippen LogP contribution in [0.3, 0.4) is 0 Å². The fourth-order valence-corrected chi connectivity index (χ4v) is 1.24. The average molecular weight is 213 g/mol. The van der Waals surface area contributed by atoms with Crippen molar-refractivity contribution in [2.24, 2.45) is 0 Å². The van der Waals surface area contributed by atoms with Gasteiger partial charge in [-0.25, -0.2) is 0 Å². The molecule has 0 aromatic heterocycles. The molecule has 0 bridgehead atoms. The molecule has 0 aromatic rings. The smallest absolute Gasteiger partial charge is 0.287 e. The standard InChI is InChI=1S/C12H23NO2/c1-5-6-7-8-9-10(14)11(15)13-12(2,3)4/h5-9H2,1-4H3,(H,13,15). The van der Waals surface area contributed by atoms with Gasteiger partial charge in [0.25, 0.3) is 5.91 Å². The topological polar surface area (TPSA) is 46.2 Å². The molecule has 0 saturated heterocycles. The lowest BCUT2D eigenvalue weighted by Gasteiger charge is -2.19. The van der Waals surface area contributed by atoms with E-state index in [0.29, 0.717) is 6.42 Å². The molecule has 0 aliphatic heterocycles. The van der Waals surface area contributed by atoms with Gasteiger partial charge < -0.3 is 5.32 Å². The summed E-state index contributed by atoms with van der Waals surface area (Å²) in [4.78, 5) is 22.7. The zero-order valence-corrected chi connectivity index (χ0v) is 10.4. The number of amides is 1. The van der Waals surface area contributed by atoms with Crippen LogP contribution in [0.15, 0.2) is 0 Å². The average Bonchev–Trinajstić information content (AvgIpc) is 2.09. The maximum absolute atomic E-state index is 11.4. The van der Waals surface area contributed by atoms with Gasteiger partial charge in [0.05, 0.1) is 0 Å². The lowest BCUT2D eigenvalue weighted by Crippen LogP contribution is -2.44. The van der Waals surface area contributed by atoms with E-state index in [2.05, 4.69) is 12.2 Å². The van der Waals surface area contributed by atoms with Crippen molar-refractivity contribution in [3.05, 3.63) is 0 Å². The normalized spacial score (nSPS) is 11.2. The van der Waals surface area contributed by atoms with Crippen molar-refractivity contribution in [2.45, 2.75) is 65.3 Å². The van der Waals surface area contributed by atoms with Crippen LogP contribution in [0.2, 0.25) is 0 Å². The molecule has 0 aliphatic carbocycles. The summed E-state index contributed by atoms with van der Waals surface area (Å²) < 4.78 is 0. The predicted molar refractivity (Wildman–Crippen MR) is 61.7 cm³/mol. The van der Waals surface area contributed by atoms with E-state index in [1.165, 1.54) is 0 Å². The maximum Gasteiger partial charge on any atom is 0.287 e. The number of hydrogen-bond acceptors (Lipinski definition) is 2. The quantitative estimate of drug-likeness (QED) is 0.544. The fourth-order valence-electron chi connectivity index (χ4n) is 1.24. The first kappa shape index (κ1) is 14.1. The molecule has 0 fully saturated rings. The van der Waals surface area contributed by atoms with Crippen molar-refractivity contribution in [3.8, 4) is 0 Å². The summed E-state index contributed by atoms with van der Waals surface area (Å²) in [5.74, 6) is -0.736. The van der Waals surface area contributed by atoms with E-state index < -0.39 is 5.91 Å². The Morgan fingerprint density at radius 1 is 1.07 bits per heavy atom. The van der Waals surface area contributed by atoms with Crippen LogP contribution in [0.4, 0.5) is 0 Å². The minimum Gasteiger partial charge on any atom is -0.345 e. The first-order valence-corrected chi connectivity index (χ1v) is 5.72.